The van der Waals surface area contributed by atoms with Crippen molar-refractivity contribution < 1.29 is 4.39 Å². The summed E-state index contributed by atoms with van der Waals surface area (Å²) in [6, 6.07) is 13.8. The van der Waals surface area contributed by atoms with Crippen molar-refractivity contribution >= 4 is 23.3 Å². The number of hydrogen-bond acceptors (Lipinski definition) is 2. The minimum absolute atomic E-state index is 0.276. The van der Waals surface area contributed by atoms with Crippen molar-refractivity contribution in [1.29, 1.82) is 0 Å². The van der Waals surface area contributed by atoms with Crippen LogP contribution < -0.4 is 0 Å². The molecule has 0 fully saturated rings. The van der Waals surface area contributed by atoms with E-state index in [0.29, 0.717) is 5.02 Å². The monoisotopic (exact) mass is 312 g/mol. The van der Waals surface area contributed by atoms with Gasteiger partial charge in [0, 0.05) is 5.02 Å². The second kappa shape index (κ2) is 6.54. The van der Waals surface area contributed by atoms with Crippen LogP contribution in [0.3, 0.4) is 0 Å². The van der Waals surface area contributed by atoms with Gasteiger partial charge in [0.1, 0.15) is 25.0 Å². The molecule has 0 N–H and O–H groups in total. The van der Waals surface area contributed by atoms with Gasteiger partial charge in [-0.2, -0.15) is 5.10 Å². The average Bonchev–Trinajstić information content (AvgIpc) is 3.03. The van der Waals surface area contributed by atoms with Crippen LogP contribution in [0.2, 0.25) is 5.02 Å². The highest BCUT2D eigenvalue weighted by Crippen LogP contribution is 2.25. The maximum Gasteiger partial charge on any atom is 0.137 e. The molecule has 1 aromatic heterocycles. The van der Waals surface area contributed by atoms with E-state index in [1.54, 1.807) is 23.1 Å². The molecule has 3 aromatic rings. The maximum absolute atomic E-state index is 13.1. The summed E-state index contributed by atoms with van der Waals surface area (Å²) in [6.45, 7) is 1.81. The first-order valence-electron chi connectivity index (χ1n) is 6.63. The van der Waals surface area contributed by atoms with Gasteiger partial charge in [-0.05, 0) is 41.0 Å². The molecule has 0 aliphatic heterocycles. The van der Waals surface area contributed by atoms with E-state index in [1.807, 2.05) is 36.9 Å². The molecule has 0 aliphatic carbocycles. The molecule has 22 heavy (non-hydrogen) atoms. The third-order valence-corrected chi connectivity index (χ3v) is 3.45. The van der Waals surface area contributed by atoms with Crippen LogP contribution in [0.25, 0.3) is 11.6 Å². The van der Waals surface area contributed by atoms with Crippen LogP contribution in [-0.4, -0.2) is 14.8 Å². The predicted molar refractivity (Wildman–Crippen MR) is 85.4 cm³/mol. The van der Waals surface area contributed by atoms with Crippen molar-refractivity contribution in [3.8, 4) is 0 Å². The van der Waals surface area contributed by atoms with Gasteiger partial charge >= 0.3 is 0 Å². The summed E-state index contributed by atoms with van der Waals surface area (Å²) in [4.78, 5) is 3.91. The van der Waals surface area contributed by atoms with E-state index >= 15 is 0 Å². The normalized spacial score (nSPS) is 11.6. The molecule has 1 radical (unpaired) electrons. The van der Waals surface area contributed by atoms with Gasteiger partial charge in [0.25, 0.3) is 0 Å². The smallest absolute Gasteiger partial charge is 0.137 e. The summed E-state index contributed by atoms with van der Waals surface area (Å²) in [5, 5.41) is 4.71. The number of nitrogens with zero attached hydrogens (tertiary/aromatic N) is 3. The molecule has 0 bridgehead atoms. The Bertz CT molecular complexity index is 780. The number of hydrogen-bond donors (Lipinski definition) is 0. The van der Waals surface area contributed by atoms with Crippen LogP contribution in [0.15, 0.2) is 61.2 Å². The topological polar surface area (TPSA) is 30.7 Å². The maximum atomic E-state index is 13.1. The Morgan fingerprint density at radius 2 is 1.86 bits per heavy atom. The largest absolute Gasteiger partial charge is 0.243 e. The third kappa shape index (κ3) is 3.40. The quantitative estimate of drug-likeness (QED) is 0.672. The van der Waals surface area contributed by atoms with Gasteiger partial charge in [-0.25, -0.2) is 14.1 Å². The van der Waals surface area contributed by atoms with Gasteiger partial charge < -0.3 is 0 Å². The Kier molecular flexibility index (Phi) is 4.30. The fraction of sp³-hybridized carbons (Fsp3) is 0. The number of halogens is 2. The molecule has 109 valence electrons. The fourth-order valence-corrected chi connectivity index (χ4v) is 2.21. The zero-order valence-corrected chi connectivity index (χ0v) is 12.3. The second-order valence-corrected chi connectivity index (χ2v) is 5.04. The van der Waals surface area contributed by atoms with Gasteiger partial charge in [0.05, 0.1) is 0 Å². The van der Waals surface area contributed by atoms with Crippen molar-refractivity contribution in [1.82, 2.24) is 14.8 Å². The minimum atomic E-state index is -0.276. The summed E-state index contributed by atoms with van der Waals surface area (Å²) in [5.41, 5.74) is 2.58. The zero-order chi connectivity index (χ0) is 15.4. The third-order valence-electron chi connectivity index (χ3n) is 3.10. The highest BCUT2D eigenvalue weighted by molar-refractivity contribution is 6.32. The second-order valence-electron chi connectivity index (χ2n) is 4.63. The Labute approximate surface area is 132 Å². The molecule has 0 amide bonds. The van der Waals surface area contributed by atoms with E-state index in [9.17, 15) is 4.39 Å². The van der Waals surface area contributed by atoms with E-state index in [1.165, 1.54) is 18.5 Å². The summed E-state index contributed by atoms with van der Waals surface area (Å²) in [7, 11) is 0. The molecule has 1 heterocycles. The first-order chi connectivity index (χ1) is 10.7. The number of aromatic nitrogens is 3. The predicted octanol–water partition coefficient (Wildman–Crippen LogP) is 4.32. The van der Waals surface area contributed by atoms with Gasteiger partial charge in [-0.15, -0.1) is 0 Å². The molecular formula is C17H12ClFN3. The molecular weight excluding hydrogens is 301 g/mol. The number of benzene rings is 2. The van der Waals surface area contributed by atoms with Gasteiger partial charge in [-0.1, -0.05) is 41.9 Å². The first-order valence-corrected chi connectivity index (χ1v) is 7.01. The van der Waals surface area contributed by atoms with Crippen LogP contribution in [-0.2, 0) is 0 Å². The van der Waals surface area contributed by atoms with Gasteiger partial charge in [0.15, 0.2) is 0 Å². The van der Waals surface area contributed by atoms with Crippen molar-refractivity contribution in [2.75, 3.05) is 0 Å². The van der Waals surface area contributed by atoms with Crippen molar-refractivity contribution in [2.24, 2.45) is 0 Å². The molecule has 3 nitrogen and oxygen atoms in total. The van der Waals surface area contributed by atoms with Gasteiger partial charge in [0.2, 0.25) is 0 Å². The molecule has 0 saturated heterocycles. The Morgan fingerprint density at radius 3 is 2.55 bits per heavy atom. The Balaban J connectivity index is 2.02. The van der Waals surface area contributed by atoms with Gasteiger partial charge in [-0.3, -0.25) is 0 Å². The van der Waals surface area contributed by atoms with Crippen LogP contribution in [0.1, 0.15) is 11.1 Å². The fourth-order valence-electron chi connectivity index (χ4n) is 2.02. The molecule has 5 heteroatoms. The summed E-state index contributed by atoms with van der Waals surface area (Å²) >= 11 is 6.21. The van der Waals surface area contributed by atoms with Crippen molar-refractivity contribution in [3.05, 3.63) is 89.7 Å². The summed E-state index contributed by atoms with van der Waals surface area (Å²) in [6.07, 6.45) is 4.97. The molecule has 3 rings (SSSR count). The minimum Gasteiger partial charge on any atom is -0.243 e. The lowest BCUT2D eigenvalue weighted by Gasteiger charge is -2.08. The highest BCUT2D eigenvalue weighted by Gasteiger charge is 2.07. The standard InChI is InChI=1S/C17H12ClFN3/c18-17-4-2-1-3-14(17)9-15(10-22-12-20-11-21-22)13-5-7-16(19)8-6-13/h1-12H/b15-9+. The lowest BCUT2D eigenvalue weighted by molar-refractivity contribution is 0.627. The SMILES string of the molecule is Fc1ccc(/C([CH]n2cncn2)=C/c2ccccc2Cl)cc1. The molecule has 0 atom stereocenters. The van der Waals surface area contributed by atoms with Crippen molar-refractivity contribution in [2.45, 2.75) is 0 Å². The lowest BCUT2D eigenvalue weighted by Crippen LogP contribution is -1.98. The van der Waals surface area contributed by atoms with E-state index in [0.717, 1.165) is 16.7 Å². The lowest BCUT2D eigenvalue weighted by atomic mass is 10.0. The van der Waals surface area contributed by atoms with Crippen molar-refractivity contribution in [3.63, 3.8) is 0 Å². The molecule has 2 aromatic carbocycles. The van der Waals surface area contributed by atoms with E-state index in [-0.39, 0.29) is 5.82 Å². The van der Waals surface area contributed by atoms with Crippen LogP contribution >= 0.6 is 11.6 Å². The zero-order valence-electron chi connectivity index (χ0n) is 11.5. The number of allylic oxidation sites excluding steroid dienone is 1. The van der Waals surface area contributed by atoms with E-state index in [4.69, 9.17) is 11.6 Å². The van der Waals surface area contributed by atoms with Crippen LogP contribution in [0.4, 0.5) is 4.39 Å². The summed E-state index contributed by atoms with van der Waals surface area (Å²) in [5.74, 6) is -0.276. The van der Waals surface area contributed by atoms with Crippen LogP contribution in [0, 0.1) is 12.4 Å². The Hall–Kier alpha value is -2.46. The summed E-state index contributed by atoms with van der Waals surface area (Å²) < 4.78 is 14.7. The molecule has 0 aliphatic rings. The average molecular weight is 313 g/mol. The molecule has 0 unspecified atom stereocenters. The number of rotatable bonds is 4. The molecule has 0 saturated carbocycles. The highest BCUT2D eigenvalue weighted by atomic mass is 35.5. The van der Waals surface area contributed by atoms with E-state index in [2.05, 4.69) is 10.1 Å². The first kappa shape index (κ1) is 14.5. The molecule has 0 spiro atoms. The van der Waals surface area contributed by atoms with Crippen LogP contribution in [0.5, 0.6) is 0 Å². The Morgan fingerprint density at radius 1 is 1.09 bits per heavy atom. The van der Waals surface area contributed by atoms with E-state index < -0.39 is 0 Å².